The third kappa shape index (κ3) is 8.47. The highest BCUT2D eigenvalue weighted by molar-refractivity contribution is 5.83. The minimum atomic E-state index is -0.611. The quantitative estimate of drug-likeness (QED) is 0.115. The van der Waals surface area contributed by atoms with Crippen LogP contribution in [0.25, 0.3) is 0 Å². The summed E-state index contributed by atoms with van der Waals surface area (Å²) in [4.78, 5) is 20.9. The van der Waals surface area contributed by atoms with Crippen molar-refractivity contribution in [1.82, 2.24) is 0 Å². The number of nitrogens with zero attached hydrogens (tertiary/aromatic N) is 5. The van der Waals surface area contributed by atoms with E-state index < -0.39 is 24.3 Å². The number of hydrogen-bond donors (Lipinski definition) is 10. The molecule has 1 aliphatic carbocycles. The minimum Gasteiger partial charge on any atom is -0.488 e. The van der Waals surface area contributed by atoms with Gasteiger partial charge in [0, 0.05) is 6.42 Å². The molecule has 0 heterocycles. The molecular formula is C23H35N15O2. The van der Waals surface area contributed by atoms with Gasteiger partial charge in [0.2, 0.25) is 0 Å². The average Bonchev–Trinajstić information content (AvgIpc) is 2.82. The lowest BCUT2D eigenvalue weighted by molar-refractivity contribution is 0.0420. The number of ether oxygens (including phenoxy) is 2. The maximum atomic E-state index is 6.36. The molecule has 2 aromatic carbocycles. The maximum Gasteiger partial charge on any atom is 0.191 e. The van der Waals surface area contributed by atoms with Crippen LogP contribution in [0.4, 0.5) is 17.1 Å². The van der Waals surface area contributed by atoms with Gasteiger partial charge in [-0.15, -0.1) is 0 Å². The molecule has 40 heavy (non-hydrogen) atoms. The molecule has 1 aliphatic rings. The van der Waals surface area contributed by atoms with Crippen LogP contribution in [0, 0.1) is 0 Å². The highest BCUT2D eigenvalue weighted by Crippen LogP contribution is 2.37. The topological polar surface area (TPSA) is 340 Å². The number of guanidine groups is 5. The summed E-state index contributed by atoms with van der Waals surface area (Å²) < 4.78 is 12.6. The van der Waals surface area contributed by atoms with Crippen LogP contribution in [0.3, 0.4) is 0 Å². The van der Waals surface area contributed by atoms with E-state index in [1.54, 1.807) is 42.5 Å². The Morgan fingerprint density at radius 3 is 1.57 bits per heavy atom. The van der Waals surface area contributed by atoms with Gasteiger partial charge in [0.1, 0.15) is 29.4 Å². The predicted octanol–water partition coefficient (Wildman–Crippen LogP) is -2.33. The molecule has 17 nitrogen and oxygen atoms in total. The van der Waals surface area contributed by atoms with Gasteiger partial charge >= 0.3 is 0 Å². The van der Waals surface area contributed by atoms with Crippen LogP contribution in [0.15, 0.2) is 67.4 Å². The second-order valence-electron chi connectivity index (χ2n) is 8.78. The van der Waals surface area contributed by atoms with E-state index in [0.29, 0.717) is 29.3 Å². The number of aliphatic imine (C=N–C) groups is 5. The number of hydrogen-bond acceptors (Lipinski definition) is 7. The zero-order chi connectivity index (χ0) is 29.4. The van der Waals surface area contributed by atoms with Gasteiger partial charge in [0.05, 0.1) is 23.5 Å². The molecule has 2 aromatic rings. The van der Waals surface area contributed by atoms with Crippen molar-refractivity contribution in [1.29, 1.82) is 0 Å². The molecule has 1 saturated carbocycles. The Morgan fingerprint density at radius 1 is 0.550 bits per heavy atom. The molecule has 0 bridgehead atoms. The van der Waals surface area contributed by atoms with Crippen LogP contribution in [0.2, 0.25) is 0 Å². The first-order valence-corrected chi connectivity index (χ1v) is 11.9. The lowest BCUT2D eigenvalue weighted by Gasteiger charge is -2.38. The van der Waals surface area contributed by atoms with Crippen LogP contribution in [-0.4, -0.2) is 54.1 Å². The molecule has 1 fully saturated rings. The monoisotopic (exact) mass is 553 g/mol. The molecule has 4 atom stereocenters. The van der Waals surface area contributed by atoms with E-state index in [-0.39, 0.29) is 41.9 Å². The molecule has 17 heteroatoms. The van der Waals surface area contributed by atoms with Crippen LogP contribution in [0.5, 0.6) is 11.5 Å². The first-order chi connectivity index (χ1) is 18.9. The van der Waals surface area contributed by atoms with Crippen molar-refractivity contribution in [2.45, 2.75) is 37.1 Å². The highest BCUT2D eigenvalue weighted by Gasteiger charge is 2.40. The van der Waals surface area contributed by atoms with Crippen molar-refractivity contribution in [3.8, 4) is 11.5 Å². The van der Waals surface area contributed by atoms with E-state index in [0.717, 1.165) is 0 Å². The van der Waals surface area contributed by atoms with Crippen molar-refractivity contribution >= 4 is 46.9 Å². The van der Waals surface area contributed by atoms with E-state index in [4.69, 9.17) is 66.8 Å². The Bertz CT molecular complexity index is 1320. The molecule has 0 aromatic heterocycles. The molecule has 3 rings (SSSR count). The Hall–Kier alpha value is -5.61. The Kier molecular flexibility index (Phi) is 9.24. The van der Waals surface area contributed by atoms with E-state index >= 15 is 0 Å². The van der Waals surface area contributed by atoms with Gasteiger partial charge in [-0.25, -0.2) is 25.0 Å². The van der Waals surface area contributed by atoms with Gasteiger partial charge < -0.3 is 66.8 Å². The first-order valence-electron chi connectivity index (χ1n) is 11.9. The van der Waals surface area contributed by atoms with E-state index in [1.165, 1.54) is 0 Å². The average molecular weight is 554 g/mol. The van der Waals surface area contributed by atoms with Gasteiger partial charge in [-0.05, 0) is 48.9 Å². The highest BCUT2D eigenvalue weighted by atomic mass is 16.5. The number of benzene rings is 2. The molecule has 20 N–H and O–H groups in total. The fourth-order valence-electron chi connectivity index (χ4n) is 4.14. The van der Waals surface area contributed by atoms with Crippen LogP contribution in [0.1, 0.15) is 12.8 Å². The first kappa shape index (κ1) is 29.0. The van der Waals surface area contributed by atoms with Crippen molar-refractivity contribution in [2.24, 2.45) is 82.3 Å². The van der Waals surface area contributed by atoms with Crippen molar-refractivity contribution in [3.05, 3.63) is 42.5 Å². The van der Waals surface area contributed by atoms with Crippen molar-refractivity contribution < 1.29 is 9.47 Å². The molecule has 0 saturated heterocycles. The van der Waals surface area contributed by atoms with Crippen molar-refractivity contribution in [2.75, 3.05) is 0 Å². The van der Waals surface area contributed by atoms with E-state index in [1.807, 2.05) is 0 Å². The largest absolute Gasteiger partial charge is 0.488 e. The molecule has 0 aliphatic heterocycles. The van der Waals surface area contributed by atoms with E-state index in [9.17, 15) is 0 Å². The molecule has 0 amide bonds. The zero-order valence-electron chi connectivity index (χ0n) is 21.6. The van der Waals surface area contributed by atoms with Gasteiger partial charge in [-0.2, -0.15) is 0 Å². The van der Waals surface area contributed by atoms with Crippen molar-refractivity contribution in [3.63, 3.8) is 0 Å². The summed E-state index contributed by atoms with van der Waals surface area (Å²) in [6.45, 7) is 0. The summed E-state index contributed by atoms with van der Waals surface area (Å²) in [5, 5.41) is 0. The normalized spacial score (nSPS) is 19.8. The summed E-state index contributed by atoms with van der Waals surface area (Å²) in [7, 11) is 0. The Morgan fingerprint density at radius 2 is 1.05 bits per heavy atom. The molecule has 0 spiro atoms. The Labute approximate surface area is 230 Å². The van der Waals surface area contributed by atoms with Crippen LogP contribution >= 0.6 is 0 Å². The third-order valence-electron chi connectivity index (χ3n) is 5.55. The summed E-state index contributed by atoms with van der Waals surface area (Å²) in [5.41, 5.74) is 57.3. The molecule has 0 unspecified atom stereocenters. The molecule has 214 valence electrons. The van der Waals surface area contributed by atoms with Gasteiger partial charge in [-0.1, -0.05) is 0 Å². The zero-order valence-corrected chi connectivity index (χ0v) is 21.6. The smallest absolute Gasteiger partial charge is 0.191 e. The summed E-state index contributed by atoms with van der Waals surface area (Å²) in [6, 6.07) is 10.6. The maximum absolute atomic E-state index is 6.36. The fraction of sp³-hybridized carbons (Fsp3) is 0.261. The second-order valence-corrected chi connectivity index (χ2v) is 8.78. The minimum absolute atomic E-state index is 0.0639. The van der Waals surface area contributed by atoms with Gasteiger partial charge in [0.15, 0.2) is 29.8 Å². The second kappa shape index (κ2) is 12.8. The molecular weight excluding hydrogens is 518 g/mol. The standard InChI is InChI=1S/C23H35N15O2/c24-19(25)34-10-1-4-12(5-2-10)39-17-9-18(15(38-23(32)33)8-14(17)37-22(30)31)40-16-6-3-11(35-20(26)27)7-13(16)36-21(28)29/h1-7,14-15,17-18H,8-9H2,(H4,24,25,34)(H4,26,27,35)(H4,28,29,36)(H4,30,31,37)(H4,32,33,38)/t14-,15+,17-,18+/m0/s1. The molecule has 0 radical (unpaired) electrons. The predicted molar refractivity (Wildman–Crippen MR) is 157 cm³/mol. The van der Waals surface area contributed by atoms with Gasteiger partial charge in [0.25, 0.3) is 0 Å². The third-order valence-corrected chi connectivity index (χ3v) is 5.55. The number of rotatable bonds is 9. The SMILES string of the molecule is NC(N)=Nc1ccc(O[C@H]2C[C@@H](Oc3ccc(N=C(N)N)cc3N=C(N)N)[C@H](N=C(N)N)C[C@@H]2N=C(N)N)cc1. The van der Waals surface area contributed by atoms with E-state index in [2.05, 4.69) is 25.0 Å². The summed E-state index contributed by atoms with van der Waals surface area (Å²) in [6.07, 6.45) is -0.588. The fourth-order valence-corrected chi connectivity index (χ4v) is 4.14. The lowest BCUT2D eigenvalue weighted by atomic mass is 9.86. The van der Waals surface area contributed by atoms with Crippen LogP contribution < -0.4 is 66.8 Å². The van der Waals surface area contributed by atoms with Crippen LogP contribution in [-0.2, 0) is 0 Å². The Balaban J connectivity index is 1.97. The van der Waals surface area contributed by atoms with Gasteiger partial charge in [-0.3, -0.25) is 0 Å². The summed E-state index contributed by atoms with van der Waals surface area (Å²) in [5.74, 6) is 0.197. The lowest BCUT2D eigenvalue weighted by Crippen LogP contribution is -2.50. The summed E-state index contributed by atoms with van der Waals surface area (Å²) >= 11 is 0. The number of nitrogens with two attached hydrogens (primary N) is 10.